The number of rotatable bonds is 5. The Labute approximate surface area is 138 Å². The van der Waals surface area contributed by atoms with Crippen LogP contribution in [0.15, 0.2) is 48.5 Å². The van der Waals surface area contributed by atoms with Gasteiger partial charge in [-0.25, -0.2) is 4.79 Å². The van der Waals surface area contributed by atoms with Gasteiger partial charge in [-0.2, -0.15) is 0 Å². The number of hydrogen-bond acceptors (Lipinski definition) is 5. The van der Waals surface area contributed by atoms with E-state index in [2.05, 4.69) is 0 Å². The zero-order valence-electron chi connectivity index (χ0n) is 13.0. The van der Waals surface area contributed by atoms with Crippen LogP contribution < -0.4 is 0 Å². The van der Waals surface area contributed by atoms with Gasteiger partial charge in [0.05, 0.1) is 17.7 Å². The summed E-state index contributed by atoms with van der Waals surface area (Å²) in [5.41, 5.74) is 2.43. The molecule has 6 heteroatoms. The van der Waals surface area contributed by atoms with Crippen molar-refractivity contribution in [1.29, 1.82) is 0 Å². The van der Waals surface area contributed by atoms with Crippen molar-refractivity contribution in [3.63, 3.8) is 0 Å². The molecule has 3 rings (SSSR count). The van der Waals surface area contributed by atoms with E-state index >= 15 is 0 Å². The molecule has 2 amide bonds. The summed E-state index contributed by atoms with van der Waals surface area (Å²) in [6.45, 7) is 1.82. The van der Waals surface area contributed by atoms with Crippen molar-refractivity contribution >= 4 is 17.8 Å². The van der Waals surface area contributed by atoms with Crippen LogP contribution in [0.2, 0.25) is 0 Å². The predicted octanol–water partition coefficient (Wildman–Crippen LogP) is 2.27. The van der Waals surface area contributed by atoms with Gasteiger partial charge in [-0.3, -0.25) is 9.59 Å². The monoisotopic (exact) mass is 325 g/mol. The summed E-state index contributed by atoms with van der Waals surface area (Å²) < 4.78 is 5.30. The van der Waals surface area contributed by atoms with Crippen LogP contribution in [0, 0.1) is 6.92 Å². The molecule has 0 atom stereocenters. The molecule has 0 spiro atoms. The molecular weight excluding hydrogens is 310 g/mol. The first kappa shape index (κ1) is 15.9. The first-order valence-electron chi connectivity index (χ1n) is 7.39. The number of ether oxygens (including phenoxy) is 1. The largest absolute Gasteiger partial charge is 0.365 e. The fourth-order valence-corrected chi connectivity index (χ4v) is 2.39. The van der Waals surface area contributed by atoms with Crippen LogP contribution in [-0.2, 0) is 21.0 Å². The van der Waals surface area contributed by atoms with Crippen LogP contribution in [0.1, 0.15) is 31.8 Å². The Kier molecular flexibility index (Phi) is 4.39. The summed E-state index contributed by atoms with van der Waals surface area (Å²) in [5.74, 6) is -2.11. The molecule has 2 aromatic carbocycles. The van der Waals surface area contributed by atoms with Crippen LogP contribution in [0.3, 0.4) is 0 Å². The lowest BCUT2D eigenvalue weighted by molar-refractivity contribution is -0.174. The van der Waals surface area contributed by atoms with Gasteiger partial charge in [-0.15, -0.1) is 0 Å². The fourth-order valence-electron chi connectivity index (χ4n) is 2.39. The van der Waals surface area contributed by atoms with Gasteiger partial charge in [0.2, 0.25) is 0 Å². The minimum Gasteiger partial charge on any atom is -0.365 e. The molecule has 0 saturated carbocycles. The second-order valence-electron chi connectivity index (χ2n) is 5.33. The maximum absolute atomic E-state index is 12.1. The maximum atomic E-state index is 12.1. The lowest BCUT2D eigenvalue weighted by atomic mass is 10.1. The standard InChI is InChI=1S/C18H15NO5/c1-12-6-2-3-7-13(12)10-23-11-16(20)24-19-17(21)14-8-4-5-9-15(14)18(19)22/h2-9H,10-11H2,1H3. The zero-order chi connectivity index (χ0) is 17.1. The average Bonchev–Trinajstić information content (AvgIpc) is 2.82. The lowest BCUT2D eigenvalue weighted by Crippen LogP contribution is -2.34. The summed E-state index contributed by atoms with van der Waals surface area (Å²) in [4.78, 5) is 40.8. The number of hydroxylamine groups is 2. The maximum Gasteiger partial charge on any atom is 0.358 e. The molecule has 6 nitrogen and oxygen atoms in total. The van der Waals surface area contributed by atoms with Gasteiger partial charge in [-0.1, -0.05) is 41.5 Å². The molecule has 0 aliphatic carbocycles. The number of aryl methyl sites for hydroxylation is 1. The number of carbonyl (C=O) groups is 3. The quantitative estimate of drug-likeness (QED) is 0.789. The molecule has 1 aliphatic rings. The normalized spacial score (nSPS) is 13.1. The summed E-state index contributed by atoms with van der Waals surface area (Å²) >= 11 is 0. The minimum absolute atomic E-state index is 0.219. The highest BCUT2D eigenvalue weighted by Gasteiger charge is 2.38. The summed E-state index contributed by atoms with van der Waals surface area (Å²) in [5, 5.41) is 0.476. The Morgan fingerprint density at radius 2 is 1.54 bits per heavy atom. The third-order valence-corrected chi connectivity index (χ3v) is 3.69. The van der Waals surface area contributed by atoms with Crippen molar-refractivity contribution in [2.75, 3.05) is 6.61 Å². The van der Waals surface area contributed by atoms with Crippen molar-refractivity contribution in [1.82, 2.24) is 5.06 Å². The van der Waals surface area contributed by atoms with Crippen LogP contribution in [0.5, 0.6) is 0 Å². The highest BCUT2D eigenvalue weighted by Crippen LogP contribution is 2.22. The molecule has 0 bridgehead atoms. The Morgan fingerprint density at radius 3 is 2.17 bits per heavy atom. The van der Waals surface area contributed by atoms with Gasteiger partial charge >= 0.3 is 5.97 Å². The molecule has 2 aromatic rings. The summed E-state index contributed by atoms with van der Waals surface area (Å²) in [6.07, 6.45) is 0. The van der Waals surface area contributed by atoms with Crippen molar-refractivity contribution in [3.8, 4) is 0 Å². The van der Waals surface area contributed by atoms with Crippen LogP contribution in [0.4, 0.5) is 0 Å². The summed E-state index contributed by atoms with van der Waals surface area (Å²) in [6, 6.07) is 13.9. The third kappa shape index (κ3) is 3.04. The van der Waals surface area contributed by atoms with E-state index < -0.39 is 17.8 Å². The molecule has 0 radical (unpaired) electrons. The number of amides is 2. The lowest BCUT2D eigenvalue weighted by Gasteiger charge is -2.13. The first-order chi connectivity index (χ1) is 11.6. The second kappa shape index (κ2) is 6.64. The molecule has 0 fully saturated rings. The number of nitrogens with zero attached hydrogens (tertiary/aromatic N) is 1. The Hall–Kier alpha value is -2.99. The molecule has 122 valence electrons. The smallest absolute Gasteiger partial charge is 0.358 e. The number of benzene rings is 2. The molecular formula is C18H15NO5. The second-order valence-corrected chi connectivity index (χ2v) is 5.33. The summed E-state index contributed by atoms with van der Waals surface area (Å²) in [7, 11) is 0. The van der Waals surface area contributed by atoms with E-state index in [1.165, 1.54) is 12.1 Å². The van der Waals surface area contributed by atoms with E-state index in [1.807, 2.05) is 31.2 Å². The Morgan fingerprint density at radius 1 is 0.958 bits per heavy atom. The van der Waals surface area contributed by atoms with E-state index in [4.69, 9.17) is 9.57 Å². The van der Waals surface area contributed by atoms with Gasteiger partial charge < -0.3 is 9.57 Å². The van der Waals surface area contributed by atoms with Crippen molar-refractivity contribution in [3.05, 3.63) is 70.8 Å². The van der Waals surface area contributed by atoms with Gasteiger partial charge in [0, 0.05) is 0 Å². The number of fused-ring (bicyclic) bond motifs is 1. The predicted molar refractivity (Wildman–Crippen MR) is 83.9 cm³/mol. The topological polar surface area (TPSA) is 72.9 Å². The number of imide groups is 1. The third-order valence-electron chi connectivity index (χ3n) is 3.69. The van der Waals surface area contributed by atoms with Crippen LogP contribution in [0.25, 0.3) is 0 Å². The van der Waals surface area contributed by atoms with Crippen LogP contribution >= 0.6 is 0 Å². The van der Waals surface area contributed by atoms with Gasteiger partial charge in [0.15, 0.2) is 0 Å². The number of carbonyl (C=O) groups excluding carboxylic acids is 3. The van der Waals surface area contributed by atoms with Crippen LogP contribution in [-0.4, -0.2) is 29.5 Å². The minimum atomic E-state index is -0.807. The molecule has 0 aromatic heterocycles. The van der Waals surface area contributed by atoms with E-state index in [0.717, 1.165) is 11.1 Å². The van der Waals surface area contributed by atoms with E-state index in [-0.39, 0.29) is 24.3 Å². The van der Waals surface area contributed by atoms with Gasteiger partial charge in [0.1, 0.15) is 6.61 Å². The SMILES string of the molecule is Cc1ccccc1COCC(=O)ON1C(=O)c2ccccc2C1=O. The highest BCUT2D eigenvalue weighted by molar-refractivity contribution is 6.20. The van der Waals surface area contributed by atoms with Crippen molar-refractivity contribution in [2.24, 2.45) is 0 Å². The van der Waals surface area contributed by atoms with Crippen molar-refractivity contribution < 1.29 is 24.0 Å². The number of hydrogen-bond donors (Lipinski definition) is 0. The van der Waals surface area contributed by atoms with Gasteiger partial charge in [-0.05, 0) is 30.2 Å². The van der Waals surface area contributed by atoms with E-state index in [1.54, 1.807) is 12.1 Å². The Bertz CT molecular complexity index is 780. The zero-order valence-corrected chi connectivity index (χ0v) is 13.0. The molecule has 0 unspecified atom stereocenters. The van der Waals surface area contributed by atoms with E-state index in [9.17, 15) is 14.4 Å². The van der Waals surface area contributed by atoms with E-state index in [0.29, 0.717) is 5.06 Å². The van der Waals surface area contributed by atoms with Gasteiger partial charge in [0.25, 0.3) is 11.8 Å². The Balaban J connectivity index is 1.56. The molecule has 0 N–H and O–H groups in total. The highest BCUT2D eigenvalue weighted by atomic mass is 16.7. The average molecular weight is 325 g/mol. The molecule has 24 heavy (non-hydrogen) atoms. The fraction of sp³-hybridized carbons (Fsp3) is 0.167. The first-order valence-corrected chi connectivity index (χ1v) is 7.39. The molecule has 1 heterocycles. The molecule has 1 aliphatic heterocycles. The van der Waals surface area contributed by atoms with Crippen molar-refractivity contribution in [2.45, 2.75) is 13.5 Å². The molecule has 0 saturated heterocycles.